The zero-order valence-electron chi connectivity index (χ0n) is 32.5. The molecule has 4 heterocycles. The molecule has 13 nitrogen and oxygen atoms in total. The molecule has 2 aromatic carbocycles. The minimum Gasteiger partial charge on any atom is -0.435 e. The van der Waals surface area contributed by atoms with Gasteiger partial charge in [0.25, 0.3) is 5.56 Å². The van der Waals surface area contributed by atoms with Crippen LogP contribution in [0, 0.1) is 6.92 Å². The van der Waals surface area contributed by atoms with Gasteiger partial charge >= 0.3 is 18.3 Å². The molecule has 0 aliphatic heterocycles. The summed E-state index contributed by atoms with van der Waals surface area (Å²) in [4.78, 5) is 33.1. The van der Waals surface area contributed by atoms with Gasteiger partial charge in [0.2, 0.25) is 0 Å². The van der Waals surface area contributed by atoms with Crippen LogP contribution in [-0.4, -0.2) is 62.4 Å². The van der Waals surface area contributed by atoms with Crippen molar-refractivity contribution < 1.29 is 49.0 Å². The second-order valence-electron chi connectivity index (χ2n) is 13.5. The molecule has 7 rings (SSSR count). The Labute approximate surface area is 353 Å². The number of alkyl halides is 6. The van der Waals surface area contributed by atoms with Crippen LogP contribution in [0.25, 0.3) is 28.2 Å². The quantitative estimate of drug-likeness (QED) is 0.0576. The number of ether oxygens (including phenoxy) is 2. The van der Waals surface area contributed by atoms with Crippen LogP contribution in [0.4, 0.5) is 37.7 Å². The highest BCUT2D eigenvalue weighted by Crippen LogP contribution is 2.41. The monoisotopic (exact) mass is 913 g/mol. The zero-order valence-corrected chi connectivity index (χ0v) is 34.9. The summed E-state index contributed by atoms with van der Waals surface area (Å²) in [7, 11) is -2.73. The molecule has 22 heteroatoms. The van der Waals surface area contributed by atoms with Gasteiger partial charge in [-0.25, -0.2) is 27.9 Å². The first kappa shape index (κ1) is 45.1. The molecule has 0 atom stereocenters. The molecule has 0 unspecified atom stereocenters. The van der Waals surface area contributed by atoms with Crippen LogP contribution < -0.4 is 10.9 Å². The minimum atomic E-state index is -4.83. The van der Waals surface area contributed by atoms with Crippen LogP contribution in [0.3, 0.4) is 0 Å². The van der Waals surface area contributed by atoms with Crippen molar-refractivity contribution in [2.24, 2.45) is 7.05 Å². The van der Waals surface area contributed by atoms with E-state index in [0.29, 0.717) is 57.1 Å². The Morgan fingerprint density at radius 1 is 1.00 bits per heavy atom. The first-order chi connectivity index (χ1) is 28.7. The Kier molecular flexibility index (Phi) is 12.9. The van der Waals surface area contributed by atoms with E-state index in [-0.39, 0.29) is 35.0 Å². The lowest BCUT2D eigenvalue weighted by Gasteiger charge is -2.15. The van der Waals surface area contributed by atoms with Gasteiger partial charge in [0.15, 0.2) is 28.1 Å². The number of nitrogens with one attached hydrogen (secondary N) is 1. The number of halogens is 8. The Hall–Kier alpha value is -5.44. The summed E-state index contributed by atoms with van der Waals surface area (Å²) in [5.41, 5.74) is -1.77. The SMILES string of the molecule is CCOCOC(=O)c1ccccc1Nc1c(Cl)ccc(C)c1Cl.CCS(=O)(=O)c1cc(-n2ccc(C(F)(F)F)n2)cnc1-c1nc2cc(C(F)(F)F)n(C3CC3)c(=O)c2n1C. The van der Waals surface area contributed by atoms with Gasteiger partial charge in [-0.1, -0.05) is 48.3 Å². The first-order valence-corrected chi connectivity index (χ1v) is 20.7. The van der Waals surface area contributed by atoms with Crippen molar-refractivity contribution in [1.82, 2.24) is 28.9 Å². The van der Waals surface area contributed by atoms with E-state index in [1.807, 2.05) is 19.9 Å². The predicted molar refractivity (Wildman–Crippen MR) is 214 cm³/mol. The van der Waals surface area contributed by atoms with Crippen LogP contribution in [-0.2, 0) is 38.7 Å². The van der Waals surface area contributed by atoms with Crippen LogP contribution in [0.2, 0.25) is 10.0 Å². The van der Waals surface area contributed by atoms with Crippen LogP contribution >= 0.6 is 23.2 Å². The van der Waals surface area contributed by atoms with E-state index in [1.165, 1.54) is 18.5 Å². The number of hydrogen-bond donors (Lipinski definition) is 1. The summed E-state index contributed by atoms with van der Waals surface area (Å²) in [6, 6.07) is 12.4. The predicted octanol–water partition coefficient (Wildman–Crippen LogP) is 9.35. The molecule has 1 aliphatic carbocycles. The van der Waals surface area contributed by atoms with Crippen LogP contribution in [0.5, 0.6) is 0 Å². The van der Waals surface area contributed by atoms with Crippen LogP contribution in [0.15, 0.2) is 76.7 Å². The van der Waals surface area contributed by atoms with Gasteiger partial charge in [0.05, 0.1) is 55.0 Å². The molecule has 61 heavy (non-hydrogen) atoms. The van der Waals surface area contributed by atoms with E-state index in [0.717, 1.165) is 34.8 Å². The summed E-state index contributed by atoms with van der Waals surface area (Å²) >= 11 is 12.5. The molecule has 0 radical (unpaired) electrons. The number of anilines is 2. The fourth-order valence-electron chi connectivity index (χ4n) is 6.09. The standard InChI is InChI=1S/C22H18F6N6O3S.C17H17Cl2NO3/c1-3-38(36,37)14-8-12(33-7-6-15(31-33)21(23,24)25)10-29-17(14)19-30-13-9-16(22(26,27)28)34(11-4-5-11)20(35)18(13)32(19)2;1-3-22-10-23-17(21)12-6-4-5-7-14(12)20-16-13(18)9-8-11(2)15(16)19/h6-11H,3-5H2,1-2H3;4-9,20H,3,10H2,1-2H3. The molecule has 0 bridgehead atoms. The fraction of sp³-hybridized carbons (Fsp3) is 0.308. The molecule has 0 spiro atoms. The Morgan fingerprint density at radius 3 is 2.33 bits per heavy atom. The number of hydrogen-bond acceptors (Lipinski definition) is 10. The molecule has 1 fully saturated rings. The summed E-state index contributed by atoms with van der Waals surface area (Å²) in [6.45, 7) is 5.43. The number of carbonyl (C=O) groups is 1. The molecule has 324 valence electrons. The zero-order chi connectivity index (χ0) is 44.6. The highest BCUT2D eigenvalue weighted by atomic mass is 35.5. The number of aromatic nitrogens is 6. The van der Waals surface area contributed by atoms with Gasteiger partial charge < -0.3 is 19.4 Å². The Bertz CT molecular complexity index is 2800. The highest BCUT2D eigenvalue weighted by Gasteiger charge is 2.41. The number of imidazole rings is 1. The topological polar surface area (TPSA) is 152 Å². The van der Waals surface area contributed by atoms with Crippen molar-refractivity contribution >= 4 is 61.4 Å². The van der Waals surface area contributed by atoms with Gasteiger partial charge in [-0.2, -0.15) is 31.4 Å². The number of pyridine rings is 2. The molecular formula is C39H35Cl2F6N7O6S. The van der Waals surface area contributed by atoms with Gasteiger partial charge in [-0.15, -0.1) is 0 Å². The third-order valence-electron chi connectivity index (χ3n) is 9.36. The van der Waals surface area contributed by atoms with E-state index >= 15 is 0 Å². The lowest BCUT2D eigenvalue weighted by molar-refractivity contribution is -0.144. The van der Waals surface area contributed by atoms with Crippen molar-refractivity contribution in [2.75, 3.05) is 24.5 Å². The maximum atomic E-state index is 13.8. The number of fused-ring (bicyclic) bond motifs is 1. The van der Waals surface area contributed by atoms with Crippen molar-refractivity contribution in [1.29, 1.82) is 0 Å². The summed E-state index contributed by atoms with van der Waals surface area (Å²) in [6.07, 6.45) is -6.71. The fourth-order valence-corrected chi connectivity index (χ4v) is 7.61. The maximum Gasteiger partial charge on any atom is 0.435 e. The lowest BCUT2D eigenvalue weighted by atomic mass is 10.1. The number of para-hydroxylation sites is 1. The molecule has 6 aromatic rings. The number of esters is 1. The molecule has 1 aliphatic rings. The minimum absolute atomic E-state index is 0.0877. The largest absolute Gasteiger partial charge is 0.435 e. The van der Waals surface area contributed by atoms with Gasteiger partial charge in [-0.05, 0) is 68.7 Å². The molecule has 1 N–H and O–H groups in total. The molecule has 0 saturated heterocycles. The summed E-state index contributed by atoms with van der Waals surface area (Å²) in [5.74, 6) is -1.11. The van der Waals surface area contributed by atoms with E-state index < -0.39 is 61.8 Å². The molecule has 0 amide bonds. The lowest BCUT2D eigenvalue weighted by Crippen LogP contribution is -2.28. The van der Waals surface area contributed by atoms with Gasteiger partial charge in [0, 0.05) is 25.9 Å². The second kappa shape index (κ2) is 17.5. The third-order valence-corrected chi connectivity index (χ3v) is 11.9. The molecule has 4 aromatic heterocycles. The van der Waals surface area contributed by atoms with E-state index in [4.69, 9.17) is 32.7 Å². The summed E-state index contributed by atoms with van der Waals surface area (Å²) < 4.78 is 119. The average Bonchev–Trinajstić information content (AvgIpc) is 3.80. The number of nitrogens with zero attached hydrogens (tertiary/aromatic N) is 6. The number of rotatable bonds is 11. The Morgan fingerprint density at radius 2 is 1.70 bits per heavy atom. The van der Waals surface area contributed by atoms with E-state index in [2.05, 4.69) is 20.4 Å². The van der Waals surface area contributed by atoms with E-state index in [1.54, 1.807) is 30.3 Å². The third kappa shape index (κ3) is 9.56. The smallest absolute Gasteiger partial charge is 0.435 e. The van der Waals surface area contributed by atoms with Crippen molar-refractivity contribution in [2.45, 2.75) is 56.9 Å². The van der Waals surface area contributed by atoms with Crippen molar-refractivity contribution in [3.63, 3.8) is 0 Å². The maximum absolute atomic E-state index is 13.8. The second-order valence-corrected chi connectivity index (χ2v) is 16.5. The average molecular weight is 915 g/mol. The number of aryl methyl sites for hydroxylation is 2. The van der Waals surface area contributed by atoms with E-state index in [9.17, 15) is 44.3 Å². The molecule has 1 saturated carbocycles. The highest BCUT2D eigenvalue weighted by molar-refractivity contribution is 7.91. The summed E-state index contributed by atoms with van der Waals surface area (Å²) in [5, 5.41) is 7.51. The number of benzene rings is 2. The number of carbonyl (C=O) groups excluding carboxylic acids is 1. The normalized spacial score (nSPS) is 13.2. The van der Waals surface area contributed by atoms with Gasteiger partial charge in [-0.3, -0.25) is 9.36 Å². The van der Waals surface area contributed by atoms with Crippen LogP contribution in [0.1, 0.15) is 60.0 Å². The number of sulfone groups is 1. The molecular weight excluding hydrogens is 879 g/mol. The Balaban J connectivity index is 0.000000232. The first-order valence-electron chi connectivity index (χ1n) is 18.3. The van der Waals surface area contributed by atoms with Crippen molar-refractivity contribution in [3.05, 3.63) is 110 Å². The van der Waals surface area contributed by atoms with Gasteiger partial charge in [0.1, 0.15) is 16.9 Å². The van der Waals surface area contributed by atoms with Crippen molar-refractivity contribution in [3.8, 4) is 17.2 Å².